The Hall–Kier alpha value is -1.91. The third kappa shape index (κ3) is 5.05. The summed E-state index contributed by atoms with van der Waals surface area (Å²) in [6.45, 7) is 7.66. The quantitative estimate of drug-likeness (QED) is 0.783. The molecular formula is C22H31N3O. The van der Waals surface area contributed by atoms with Crippen LogP contribution in [0, 0.1) is 5.92 Å². The van der Waals surface area contributed by atoms with Crippen molar-refractivity contribution in [2.24, 2.45) is 5.92 Å². The van der Waals surface area contributed by atoms with Gasteiger partial charge in [-0.1, -0.05) is 43.3 Å². The van der Waals surface area contributed by atoms with E-state index in [1.807, 2.05) is 24.3 Å². The van der Waals surface area contributed by atoms with Gasteiger partial charge in [-0.25, -0.2) is 0 Å². The molecule has 1 heterocycles. The van der Waals surface area contributed by atoms with Gasteiger partial charge in [0.05, 0.1) is 0 Å². The van der Waals surface area contributed by atoms with Crippen LogP contribution in [0.4, 0.5) is 5.69 Å². The number of hydrogen-bond acceptors (Lipinski definition) is 3. The van der Waals surface area contributed by atoms with Crippen LogP contribution in [0.15, 0.2) is 42.5 Å². The summed E-state index contributed by atoms with van der Waals surface area (Å²) in [7, 11) is 2.21. The zero-order valence-corrected chi connectivity index (χ0v) is 16.1. The summed E-state index contributed by atoms with van der Waals surface area (Å²) in [5.41, 5.74) is 0.911. The molecule has 1 saturated heterocycles. The molecule has 1 amide bonds. The predicted octanol–water partition coefficient (Wildman–Crippen LogP) is 3.83. The van der Waals surface area contributed by atoms with Gasteiger partial charge in [-0.3, -0.25) is 4.79 Å². The Bertz CT molecular complexity index is 725. The van der Waals surface area contributed by atoms with Crippen LogP contribution in [0.3, 0.4) is 0 Å². The molecule has 1 atom stereocenters. The van der Waals surface area contributed by atoms with E-state index in [9.17, 15) is 4.79 Å². The molecule has 4 nitrogen and oxygen atoms in total. The molecule has 2 aromatic carbocycles. The molecule has 3 rings (SSSR count). The van der Waals surface area contributed by atoms with E-state index >= 15 is 0 Å². The lowest BCUT2D eigenvalue weighted by Gasteiger charge is -2.21. The first-order chi connectivity index (χ1) is 12.7. The van der Waals surface area contributed by atoms with Crippen molar-refractivity contribution in [2.75, 3.05) is 45.1 Å². The molecule has 1 N–H and O–H groups in total. The molecule has 0 aromatic heterocycles. The van der Waals surface area contributed by atoms with Gasteiger partial charge in [0.2, 0.25) is 5.91 Å². The Balaban J connectivity index is 1.46. The Labute approximate surface area is 157 Å². The summed E-state index contributed by atoms with van der Waals surface area (Å²) < 4.78 is 0. The topological polar surface area (TPSA) is 35.6 Å². The fraction of sp³-hybridized carbons (Fsp3) is 0.500. The van der Waals surface area contributed by atoms with E-state index in [4.69, 9.17) is 0 Å². The lowest BCUT2D eigenvalue weighted by atomic mass is 10.1. The zero-order valence-electron chi connectivity index (χ0n) is 16.1. The van der Waals surface area contributed by atoms with E-state index in [1.54, 1.807) is 0 Å². The standard InChI is InChI=1S/C22H31N3O/c1-3-13-24(2)16-18-11-14-25(17-18)15-12-22(26)23-21-10-6-8-19-7-4-5-9-20(19)21/h4-10,18H,3,11-17H2,1-2H3,(H,23,26)/t18-/m0/s1. The first-order valence-corrected chi connectivity index (χ1v) is 9.84. The van der Waals surface area contributed by atoms with Crippen molar-refractivity contribution >= 4 is 22.4 Å². The minimum absolute atomic E-state index is 0.105. The summed E-state index contributed by atoms with van der Waals surface area (Å²) in [6.07, 6.45) is 3.01. The van der Waals surface area contributed by atoms with Crippen LogP contribution >= 0.6 is 0 Å². The van der Waals surface area contributed by atoms with Crippen molar-refractivity contribution in [3.63, 3.8) is 0 Å². The second-order valence-corrected chi connectivity index (χ2v) is 7.54. The van der Waals surface area contributed by atoms with Crippen LogP contribution < -0.4 is 5.32 Å². The number of likely N-dealkylation sites (tertiary alicyclic amines) is 1. The molecule has 1 aliphatic heterocycles. The number of fused-ring (bicyclic) bond motifs is 1. The lowest BCUT2D eigenvalue weighted by molar-refractivity contribution is -0.116. The highest BCUT2D eigenvalue weighted by Gasteiger charge is 2.23. The molecule has 0 spiro atoms. The first kappa shape index (κ1) is 18.9. The SMILES string of the molecule is CCCN(C)C[C@@H]1CCN(CCC(=O)Nc2cccc3ccccc23)C1. The highest BCUT2D eigenvalue weighted by molar-refractivity contribution is 6.02. The Morgan fingerprint density at radius 3 is 2.88 bits per heavy atom. The van der Waals surface area contributed by atoms with Crippen LogP contribution in [-0.4, -0.2) is 55.5 Å². The van der Waals surface area contributed by atoms with Gasteiger partial charge in [0.25, 0.3) is 0 Å². The predicted molar refractivity (Wildman–Crippen MR) is 110 cm³/mol. The van der Waals surface area contributed by atoms with Gasteiger partial charge in [-0.15, -0.1) is 0 Å². The molecule has 26 heavy (non-hydrogen) atoms. The minimum Gasteiger partial charge on any atom is -0.325 e. The number of rotatable bonds is 8. The number of amides is 1. The summed E-state index contributed by atoms with van der Waals surface area (Å²) in [4.78, 5) is 17.3. The molecule has 140 valence electrons. The van der Waals surface area contributed by atoms with E-state index in [1.165, 1.54) is 25.9 Å². The van der Waals surface area contributed by atoms with E-state index in [0.717, 1.165) is 42.0 Å². The van der Waals surface area contributed by atoms with Crippen LogP contribution in [0.2, 0.25) is 0 Å². The number of benzene rings is 2. The van der Waals surface area contributed by atoms with Crippen molar-refractivity contribution in [1.29, 1.82) is 0 Å². The zero-order chi connectivity index (χ0) is 18.4. The fourth-order valence-electron chi connectivity index (χ4n) is 3.99. The maximum absolute atomic E-state index is 12.4. The van der Waals surface area contributed by atoms with Crippen LogP contribution in [0.1, 0.15) is 26.2 Å². The molecule has 0 radical (unpaired) electrons. The van der Waals surface area contributed by atoms with Crippen LogP contribution in [0.5, 0.6) is 0 Å². The fourth-order valence-corrected chi connectivity index (χ4v) is 3.99. The third-order valence-corrected chi connectivity index (χ3v) is 5.26. The average Bonchev–Trinajstić information content (AvgIpc) is 3.08. The van der Waals surface area contributed by atoms with Gasteiger partial charge in [-0.2, -0.15) is 0 Å². The number of nitrogens with one attached hydrogen (secondary N) is 1. The molecule has 0 bridgehead atoms. The summed E-state index contributed by atoms with van der Waals surface area (Å²) in [5.74, 6) is 0.848. The molecule has 0 saturated carbocycles. The first-order valence-electron chi connectivity index (χ1n) is 9.84. The Kier molecular flexibility index (Phi) is 6.64. The van der Waals surface area contributed by atoms with Gasteiger partial charge in [-0.05, 0) is 50.3 Å². The van der Waals surface area contributed by atoms with Crippen molar-refractivity contribution < 1.29 is 4.79 Å². The van der Waals surface area contributed by atoms with Gasteiger partial charge in [0.15, 0.2) is 0 Å². The maximum atomic E-state index is 12.4. The molecule has 0 unspecified atom stereocenters. The van der Waals surface area contributed by atoms with Crippen LogP contribution in [0.25, 0.3) is 10.8 Å². The molecule has 1 aliphatic rings. The molecular weight excluding hydrogens is 322 g/mol. The van der Waals surface area contributed by atoms with E-state index < -0.39 is 0 Å². The highest BCUT2D eigenvalue weighted by atomic mass is 16.1. The summed E-state index contributed by atoms with van der Waals surface area (Å²) >= 11 is 0. The molecule has 1 fully saturated rings. The largest absolute Gasteiger partial charge is 0.325 e. The number of carbonyl (C=O) groups excluding carboxylic acids is 1. The number of hydrogen-bond donors (Lipinski definition) is 1. The lowest BCUT2D eigenvalue weighted by Crippen LogP contribution is -2.30. The highest BCUT2D eigenvalue weighted by Crippen LogP contribution is 2.23. The van der Waals surface area contributed by atoms with E-state index in [-0.39, 0.29) is 5.91 Å². The molecule has 4 heteroatoms. The van der Waals surface area contributed by atoms with Gasteiger partial charge in [0, 0.05) is 37.1 Å². The van der Waals surface area contributed by atoms with Crippen molar-refractivity contribution in [1.82, 2.24) is 9.80 Å². The summed E-state index contributed by atoms with van der Waals surface area (Å²) in [6, 6.07) is 14.2. The van der Waals surface area contributed by atoms with Crippen molar-refractivity contribution in [3.8, 4) is 0 Å². The Morgan fingerprint density at radius 2 is 2.04 bits per heavy atom. The van der Waals surface area contributed by atoms with Crippen molar-refractivity contribution in [3.05, 3.63) is 42.5 Å². The van der Waals surface area contributed by atoms with E-state index in [2.05, 4.69) is 47.3 Å². The number of anilines is 1. The normalized spacial score (nSPS) is 17.9. The van der Waals surface area contributed by atoms with Crippen LogP contribution in [-0.2, 0) is 4.79 Å². The van der Waals surface area contributed by atoms with Gasteiger partial charge < -0.3 is 15.1 Å². The maximum Gasteiger partial charge on any atom is 0.225 e. The second-order valence-electron chi connectivity index (χ2n) is 7.54. The van der Waals surface area contributed by atoms with E-state index in [0.29, 0.717) is 6.42 Å². The monoisotopic (exact) mass is 353 g/mol. The van der Waals surface area contributed by atoms with Gasteiger partial charge >= 0.3 is 0 Å². The number of nitrogens with zero attached hydrogens (tertiary/aromatic N) is 2. The van der Waals surface area contributed by atoms with Gasteiger partial charge in [0.1, 0.15) is 0 Å². The average molecular weight is 354 g/mol. The van der Waals surface area contributed by atoms with Crippen molar-refractivity contribution in [2.45, 2.75) is 26.2 Å². The Morgan fingerprint density at radius 1 is 1.23 bits per heavy atom. The molecule has 2 aromatic rings. The molecule has 0 aliphatic carbocycles. The minimum atomic E-state index is 0.105. The summed E-state index contributed by atoms with van der Waals surface area (Å²) in [5, 5.41) is 5.35. The number of carbonyl (C=O) groups is 1. The smallest absolute Gasteiger partial charge is 0.225 e. The second kappa shape index (κ2) is 9.15. The third-order valence-electron chi connectivity index (χ3n) is 5.26.